The minimum Gasteiger partial charge on any atom is -0.308 e. The second-order valence-corrected chi connectivity index (χ2v) is 8.87. The van der Waals surface area contributed by atoms with Crippen LogP contribution >= 0.6 is 0 Å². The fourth-order valence-electron chi connectivity index (χ4n) is 4.73. The molecule has 0 radical (unpaired) electrons. The van der Waals surface area contributed by atoms with E-state index in [1.54, 1.807) is 0 Å². The Kier molecular flexibility index (Phi) is 6.39. The zero-order valence-corrected chi connectivity index (χ0v) is 20.0. The molecular weight excluding hydrogens is 422 g/mol. The molecule has 0 N–H and O–H groups in total. The lowest BCUT2D eigenvalue weighted by Gasteiger charge is -2.12. The number of aromatic nitrogens is 5. The van der Waals surface area contributed by atoms with Gasteiger partial charge in [-0.05, 0) is 30.5 Å². The summed E-state index contributed by atoms with van der Waals surface area (Å²) < 4.78 is 3.97. The smallest absolute Gasteiger partial charge is 0.265 e. The molecular formula is C28H31N5O. The van der Waals surface area contributed by atoms with Crippen LogP contribution in [0.25, 0.3) is 33.2 Å². The first kappa shape index (κ1) is 22.3. The van der Waals surface area contributed by atoms with E-state index in [-0.39, 0.29) is 5.56 Å². The number of hydrogen-bond acceptors (Lipinski definition) is 4. The van der Waals surface area contributed by atoms with Gasteiger partial charge in [0.2, 0.25) is 0 Å². The van der Waals surface area contributed by atoms with Crippen molar-refractivity contribution >= 4 is 33.2 Å². The van der Waals surface area contributed by atoms with Gasteiger partial charge in [0.05, 0.1) is 11.0 Å². The first-order chi connectivity index (χ1) is 16.7. The molecule has 3 heterocycles. The minimum absolute atomic E-state index is 0.0142. The van der Waals surface area contributed by atoms with E-state index in [9.17, 15) is 4.79 Å². The van der Waals surface area contributed by atoms with Crippen LogP contribution < -0.4 is 5.56 Å². The van der Waals surface area contributed by atoms with E-state index in [1.807, 2.05) is 47.0 Å². The summed E-state index contributed by atoms with van der Waals surface area (Å²) in [5.41, 5.74) is 4.98. The summed E-state index contributed by atoms with van der Waals surface area (Å²) in [6.07, 6.45) is 6.04. The molecule has 0 aliphatic rings. The Bertz CT molecular complexity index is 1500. The fourth-order valence-corrected chi connectivity index (χ4v) is 4.73. The zero-order valence-electron chi connectivity index (χ0n) is 20.0. The van der Waals surface area contributed by atoms with Crippen LogP contribution in [0.1, 0.15) is 50.9 Å². The number of fused-ring (bicyclic) bond motifs is 4. The van der Waals surface area contributed by atoms with Gasteiger partial charge in [0.1, 0.15) is 16.7 Å². The van der Waals surface area contributed by atoms with Crippen LogP contribution in [-0.4, -0.2) is 24.1 Å². The molecule has 3 aromatic heterocycles. The molecule has 2 aromatic carbocycles. The van der Waals surface area contributed by atoms with Gasteiger partial charge in [0.25, 0.3) is 5.56 Å². The van der Waals surface area contributed by atoms with E-state index in [0.717, 1.165) is 54.0 Å². The maximum atomic E-state index is 13.9. The maximum absolute atomic E-state index is 13.9. The van der Waals surface area contributed by atoms with Crippen LogP contribution in [0.3, 0.4) is 0 Å². The Balaban J connectivity index is 1.70. The molecule has 0 saturated carbocycles. The highest BCUT2D eigenvalue weighted by Gasteiger charge is 2.21. The molecule has 0 spiro atoms. The molecule has 0 atom stereocenters. The molecule has 34 heavy (non-hydrogen) atoms. The highest BCUT2D eigenvalue weighted by Crippen LogP contribution is 2.26. The van der Waals surface area contributed by atoms with Gasteiger partial charge in [0, 0.05) is 19.5 Å². The number of hydrogen-bond donors (Lipinski definition) is 0. The number of nitrogens with zero attached hydrogens (tertiary/aromatic N) is 5. The predicted molar refractivity (Wildman–Crippen MR) is 138 cm³/mol. The van der Waals surface area contributed by atoms with Crippen molar-refractivity contribution in [3.05, 3.63) is 76.3 Å². The average Bonchev–Trinajstić information content (AvgIpc) is 3.17. The Morgan fingerprint density at radius 1 is 0.735 bits per heavy atom. The molecule has 174 valence electrons. The largest absolute Gasteiger partial charge is 0.308 e. The molecule has 0 amide bonds. The molecule has 0 saturated heterocycles. The molecule has 0 unspecified atom stereocenters. The molecule has 5 aromatic rings. The first-order valence-electron chi connectivity index (χ1n) is 12.4. The monoisotopic (exact) mass is 453 g/mol. The summed E-state index contributed by atoms with van der Waals surface area (Å²) in [7, 11) is 0. The van der Waals surface area contributed by atoms with Gasteiger partial charge in [-0.15, -0.1) is 0 Å². The molecule has 5 rings (SSSR count). The van der Waals surface area contributed by atoms with Gasteiger partial charge in [0.15, 0.2) is 11.3 Å². The van der Waals surface area contributed by atoms with Crippen molar-refractivity contribution in [3.63, 3.8) is 0 Å². The second-order valence-electron chi connectivity index (χ2n) is 8.87. The van der Waals surface area contributed by atoms with Crippen LogP contribution in [-0.2, 0) is 25.9 Å². The molecule has 0 bridgehead atoms. The lowest BCUT2D eigenvalue weighted by atomic mass is 10.1. The summed E-state index contributed by atoms with van der Waals surface area (Å²) in [5.74, 6) is 0.815. The van der Waals surface area contributed by atoms with Crippen molar-refractivity contribution in [2.24, 2.45) is 0 Å². The first-order valence-corrected chi connectivity index (χ1v) is 12.4. The summed E-state index contributed by atoms with van der Waals surface area (Å²) in [4.78, 5) is 28.8. The zero-order chi connectivity index (χ0) is 23.5. The highest BCUT2D eigenvalue weighted by molar-refractivity contribution is 6.04. The van der Waals surface area contributed by atoms with Crippen molar-refractivity contribution in [3.8, 4) is 0 Å². The van der Waals surface area contributed by atoms with E-state index in [0.29, 0.717) is 23.9 Å². The molecule has 0 aliphatic heterocycles. The average molecular weight is 454 g/mol. The lowest BCUT2D eigenvalue weighted by Crippen LogP contribution is -2.26. The van der Waals surface area contributed by atoms with Crippen molar-refractivity contribution in [2.75, 3.05) is 0 Å². The Morgan fingerprint density at radius 2 is 1.47 bits per heavy atom. The quantitative estimate of drug-likeness (QED) is 0.269. The number of aryl methyl sites for hydroxylation is 3. The van der Waals surface area contributed by atoms with Crippen molar-refractivity contribution in [2.45, 2.75) is 65.5 Å². The summed E-state index contributed by atoms with van der Waals surface area (Å²) in [5, 5.41) is 0.592. The topological polar surface area (TPSA) is 65.6 Å². The molecule has 0 fully saturated rings. The SMILES string of the molecule is CCCCCCn1c2nc3ccccc3nc2c2c(=O)n(CCc3ccccc3)c(CC)nc21. The van der Waals surface area contributed by atoms with E-state index in [4.69, 9.17) is 15.0 Å². The Labute approximate surface area is 199 Å². The minimum atomic E-state index is -0.0142. The van der Waals surface area contributed by atoms with E-state index >= 15 is 0 Å². The van der Waals surface area contributed by atoms with Crippen LogP contribution in [0.2, 0.25) is 0 Å². The predicted octanol–water partition coefficient (Wildman–Crippen LogP) is 5.68. The Hall–Kier alpha value is -3.54. The fraction of sp³-hybridized carbons (Fsp3) is 0.357. The van der Waals surface area contributed by atoms with Crippen LogP contribution in [0.4, 0.5) is 0 Å². The van der Waals surface area contributed by atoms with Crippen LogP contribution in [0, 0.1) is 0 Å². The van der Waals surface area contributed by atoms with E-state index < -0.39 is 0 Å². The Morgan fingerprint density at radius 3 is 2.21 bits per heavy atom. The number of para-hydroxylation sites is 2. The van der Waals surface area contributed by atoms with Gasteiger partial charge in [-0.1, -0.05) is 75.6 Å². The van der Waals surface area contributed by atoms with Crippen LogP contribution in [0.15, 0.2) is 59.4 Å². The van der Waals surface area contributed by atoms with Crippen molar-refractivity contribution < 1.29 is 0 Å². The van der Waals surface area contributed by atoms with Gasteiger partial charge < -0.3 is 4.57 Å². The normalized spacial score (nSPS) is 11.7. The van der Waals surface area contributed by atoms with E-state index in [2.05, 4.69) is 30.5 Å². The second kappa shape index (κ2) is 9.75. The number of benzene rings is 2. The van der Waals surface area contributed by atoms with Gasteiger partial charge in [-0.3, -0.25) is 9.36 Å². The summed E-state index contributed by atoms with van der Waals surface area (Å²) >= 11 is 0. The number of unbranched alkanes of at least 4 members (excludes halogenated alkanes) is 3. The van der Waals surface area contributed by atoms with Crippen molar-refractivity contribution in [1.82, 2.24) is 24.1 Å². The third-order valence-electron chi connectivity index (χ3n) is 6.55. The van der Waals surface area contributed by atoms with Gasteiger partial charge in [-0.2, -0.15) is 0 Å². The van der Waals surface area contributed by atoms with Crippen molar-refractivity contribution in [1.29, 1.82) is 0 Å². The summed E-state index contributed by atoms with van der Waals surface area (Å²) in [6, 6.07) is 18.1. The highest BCUT2D eigenvalue weighted by atomic mass is 16.1. The third-order valence-corrected chi connectivity index (χ3v) is 6.55. The number of rotatable bonds is 9. The standard InChI is InChI=1S/C28H31N5O/c1-3-5-6-12-18-33-26-24(25-27(33)30-22-16-11-10-15-21(22)29-25)28(34)32(23(4-2)31-26)19-17-20-13-8-7-9-14-20/h7-11,13-16H,3-6,12,17-19H2,1-2H3. The molecule has 6 heteroatoms. The molecule has 6 nitrogen and oxygen atoms in total. The van der Waals surface area contributed by atoms with E-state index in [1.165, 1.54) is 18.4 Å². The lowest BCUT2D eigenvalue weighted by molar-refractivity contribution is 0.591. The van der Waals surface area contributed by atoms with Crippen LogP contribution in [0.5, 0.6) is 0 Å². The maximum Gasteiger partial charge on any atom is 0.265 e. The molecule has 0 aliphatic carbocycles. The van der Waals surface area contributed by atoms with Gasteiger partial charge in [-0.25, -0.2) is 15.0 Å². The van der Waals surface area contributed by atoms with Gasteiger partial charge >= 0.3 is 0 Å². The third kappa shape index (κ3) is 4.09. The summed E-state index contributed by atoms with van der Waals surface area (Å²) in [6.45, 7) is 5.66.